The van der Waals surface area contributed by atoms with Crippen molar-refractivity contribution in [2.45, 2.75) is 10.8 Å². The van der Waals surface area contributed by atoms with Crippen molar-refractivity contribution >= 4 is 32.7 Å². The average Bonchev–Trinajstić information content (AvgIpc) is 3.16. The van der Waals surface area contributed by atoms with Gasteiger partial charge in [-0.05, 0) is 29.6 Å². The zero-order chi connectivity index (χ0) is 14.0. The third-order valence-corrected chi connectivity index (χ3v) is 6.39. The van der Waals surface area contributed by atoms with Gasteiger partial charge >= 0.3 is 0 Å². The predicted octanol–water partition coefficient (Wildman–Crippen LogP) is 3.55. The monoisotopic (exact) mass is 325 g/mol. The Morgan fingerprint density at radius 2 is 2.10 bits per heavy atom. The van der Waals surface area contributed by atoms with Crippen LogP contribution in [0.5, 0.6) is 0 Å². The molecule has 0 aliphatic carbocycles. The molecule has 20 heavy (non-hydrogen) atoms. The Hall–Kier alpha value is -1.41. The molecular weight excluding hydrogens is 314 g/mol. The lowest BCUT2D eigenvalue weighted by molar-refractivity contribution is 0.582. The molecule has 3 aromatic heterocycles. The van der Waals surface area contributed by atoms with Crippen LogP contribution in [0.25, 0.3) is 11.3 Å². The van der Waals surface area contributed by atoms with Crippen LogP contribution in [0.1, 0.15) is 4.88 Å². The topological polar surface area (TPSA) is 59.3 Å². The molecule has 104 valence electrons. The first-order valence-corrected chi connectivity index (χ1v) is 9.04. The molecule has 0 radical (unpaired) electrons. The van der Waals surface area contributed by atoms with E-state index >= 15 is 0 Å². The largest absolute Gasteiger partial charge is 0.464 e. The lowest BCUT2D eigenvalue weighted by atomic mass is 10.2. The first-order valence-electron chi connectivity index (χ1n) is 5.79. The van der Waals surface area contributed by atoms with Gasteiger partial charge in [0.15, 0.2) is 0 Å². The van der Waals surface area contributed by atoms with E-state index in [9.17, 15) is 8.42 Å². The smallest absolute Gasteiger partial charge is 0.250 e. The number of hydrogen-bond acceptors (Lipinski definition) is 5. The highest BCUT2D eigenvalue weighted by molar-refractivity contribution is 7.91. The summed E-state index contributed by atoms with van der Waals surface area (Å²) in [5, 5.41) is 3.70. The van der Waals surface area contributed by atoms with Gasteiger partial charge in [0.25, 0.3) is 0 Å². The van der Waals surface area contributed by atoms with Gasteiger partial charge in [0.1, 0.15) is 9.97 Å². The Balaban J connectivity index is 1.71. The fraction of sp³-hybridized carbons (Fsp3) is 0.0769. The Morgan fingerprint density at radius 3 is 2.80 bits per heavy atom. The highest BCUT2D eigenvalue weighted by atomic mass is 32.2. The van der Waals surface area contributed by atoms with Crippen molar-refractivity contribution in [3.8, 4) is 11.3 Å². The fourth-order valence-corrected chi connectivity index (χ4v) is 4.65. The Bertz CT molecular complexity index is 771. The van der Waals surface area contributed by atoms with E-state index in [2.05, 4.69) is 4.72 Å². The number of furan rings is 1. The second-order valence-electron chi connectivity index (χ2n) is 4.04. The number of rotatable bonds is 5. The van der Waals surface area contributed by atoms with Crippen LogP contribution in [-0.4, -0.2) is 8.42 Å². The van der Waals surface area contributed by atoms with Gasteiger partial charge in [0.05, 0.1) is 6.26 Å². The molecule has 0 saturated heterocycles. The second kappa shape index (κ2) is 5.53. The van der Waals surface area contributed by atoms with E-state index in [-0.39, 0.29) is 6.54 Å². The maximum atomic E-state index is 12.0. The summed E-state index contributed by atoms with van der Waals surface area (Å²) in [6.45, 7) is 0.283. The zero-order valence-corrected chi connectivity index (χ0v) is 12.7. The minimum absolute atomic E-state index is 0.283. The maximum absolute atomic E-state index is 12.0. The van der Waals surface area contributed by atoms with Crippen molar-refractivity contribution in [3.63, 3.8) is 0 Å². The van der Waals surface area contributed by atoms with Crippen LogP contribution in [-0.2, 0) is 16.6 Å². The number of sulfonamides is 1. The summed E-state index contributed by atoms with van der Waals surface area (Å²) < 4.78 is 32.2. The zero-order valence-electron chi connectivity index (χ0n) is 10.3. The van der Waals surface area contributed by atoms with Crippen LogP contribution in [0.15, 0.2) is 56.0 Å². The van der Waals surface area contributed by atoms with Gasteiger partial charge in [-0.2, -0.15) is 0 Å². The summed E-state index contributed by atoms with van der Waals surface area (Å²) in [5.41, 5.74) is 0.963. The first-order chi connectivity index (χ1) is 9.65. The number of nitrogens with one attached hydrogen (secondary N) is 1. The van der Waals surface area contributed by atoms with E-state index in [1.165, 1.54) is 22.7 Å². The predicted molar refractivity (Wildman–Crippen MR) is 80.4 cm³/mol. The minimum Gasteiger partial charge on any atom is -0.464 e. The molecular formula is C13H11NO3S3. The van der Waals surface area contributed by atoms with Gasteiger partial charge in [-0.25, -0.2) is 13.1 Å². The molecule has 3 rings (SSSR count). The molecule has 3 aromatic rings. The van der Waals surface area contributed by atoms with Crippen molar-refractivity contribution < 1.29 is 12.8 Å². The van der Waals surface area contributed by atoms with E-state index < -0.39 is 10.0 Å². The highest BCUT2D eigenvalue weighted by Crippen LogP contribution is 2.26. The molecule has 0 amide bonds. The minimum atomic E-state index is -3.41. The van der Waals surface area contributed by atoms with Gasteiger partial charge in [-0.3, -0.25) is 0 Å². The summed E-state index contributed by atoms with van der Waals surface area (Å²) in [4.78, 5) is 0.941. The van der Waals surface area contributed by atoms with Crippen LogP contribution < -0.4 is 4.72 Å². The van der Waals surface area contributed by atoms with Crippen LogP contribution in [0.4, 0.5) is 0 Å². The second-order valence-corrected chi connectivity index (χ2v) is 7.97. The summed E-state index contributed by atoms with van der Waals surface area (Å²) in [6, 6.07) is 8.95. The van der Waals surface area contributed by atoms with Gasteiger partial charge in [0, 0.05) is 22.4 Å². The quantitative estimate of drug-likeness (QED) is 0.780. The SMILES string of the molecule is O=S(=O)(NCc1cc(-c2ccco2)cs1)c1cccs1. The Labute approximate surface area is 124 Å². The molecule has 0 aliphatic heterocycles. The van der Waals surface area contributed by atoms with E-state index in [0.717, 1.165) is 16.2 Å². The molecule has 3 heterocycles. The number of hydrogen-bond donors (Lipinski definition) is 1. The van der Waals surface area contributed by atoms with Crippen molar-refractivity contribution in [2.75, 3.05) is 0 Å². The van der Waals surface area contributed by atoms with Crippen LogP contribution in [0.3, 0.4) is 0 Å². The first kappa shape index (κ1) is 13.6. The molecule has 1 N–H and O–H groups in total. The van der Waals surface area contributed by atoms with Crippen LogP contribution >= 0.6 is 22.7 Å². The van der Waals surface area contributed by atoms with Crippen molar-refractivity contribution in [3.05, 3.63) is 52.2 Å². The van der Waals surface area contributed by atoms with Crippen molar-refractivity contribution in [1.82, 2.24) is 4.72 Å². The van der Waals surface area contributed by atoms with Crippen LogP contribution in [0.2, 0.25) is 0 Å². The van der Waals surface area contributed by atoms with Gasteiger partial charge in [-0.1, -0.05) is 6.07 Å². The Morgan fingerprint density at radius 1 is 1.20 bits per heavy atom. The van der Waals surface area contributed by atoms with Crippen LogP contribution in [0, 0.1) is 0 Å². The molecule has 7 heteroatoms. The number of thiophene rings is 2. The molecule has 0 atom stereocenters. The van der Waals surface area contributed by atoms with Gasteiger partial charge in [-0.15, -0.1) is 22.7 Å². The maximum Gasteiger partial charge on any atom is 0.250 e. The van der Waals surface area contributed by atoms with Crippen molar-refractivity contribution in [1.29, 1.82) is 0 Å². The molecule has 4 nitrogen and oxygen atoms in total. The molecule has 0 unspecified atom stereocenters. The van der Waals surface area contributed by atoms with Gasteiger partial charge < -0.3 is 4.42 Å². The van der Waals surface area contributed by atoms with E-state index in [0.29, 0.717) is 4.21 Å². The third-order valence-electron chi connectivity index (χ3n) is 2.66. The summed E-state index contributed by atoms with van der Waals surface area (Å²) >= 11 is 2.71. The molecule has 0 aromatic carbocycles. The molecule has 0 saturated carbocycles. The molecule has 0 aliphatic rings. The van der Waals surface area contributed by atoms with E-state index in [4.69, 9.17) is 4.42 Å². The molecule has 0 spiro atoms. The summed E-state index contributed by atoms with van der Waals surface area (Å²) in [7, 11) is -3.41. The highest BCUT2D eigenvalue weighted by Gasteiger charge is 2.15. The van der Waals surface area contributed by atoms with E-state index in [1.54, 1.807) is 23.8 Å². The summed E-state index contributed by atoms with van der Waals surface area (Å²) in [5.74, 6) is 0.786. The van der Waals surface area contributed by atoms with E-state index in [1.807, 2.05) is 23.6 Å². The lowest BCUT2D eigenvalue weighted by Gasteiger charge is -2.02. The molecule has 0 fully saturated rings. The standard InChI is InChI=1S/C13H11NO3S3/c15-20(16,13-4-2-6-18-13)14-8-11-7-10(9-19-11)12-3-1-5-17-12/h1-7,9,14H,8H2. The summed E-state index contributed by atoms with van der Waals surface area (Å²) in [6.07, 6.45) is 1.62. The third kappa shape index (κ3) is 2.85. The lowest BCUT2D eigenvalue weighted by Crippen LogP contribution is -2.21. The van der Waals surface area contributed by atoms with Gasteiger partial charge in [0.2, 0.25) is 10.0 Å². The normalized spacial score (nSPS) is 11.8. The Kier molecular flexibility index (Phi) is 3.75. The fourth-order valence-electron chi connectivity index (χ4n) is 1.70. The molecule has 0 bridgehead atoms. The van der Waals surface area contributed by atoms with Crippen molar-refractivity contribution in [2.24, 2.45) is 0 Å². The average molecular weight is 325 g/mol.